The van der Waals surface area contributed by atoms with Gasteiger partial charge in [-0.05, 0) is 24.8 Å². The van der Waals surface area contributed by atoms with Gasteiger partial charge in [-0.25, -0.2) is 14.6 Å². The van der Waals surface area contributed by atoms with Gasteiger partial charge in [0.2, 0.25) is 0 Å². The smallest absolute Gasteiger partial charge is 0.354 e. The quantitative estimate of drug-likeness (QED) is 0.732. The van der Waals surface area contributed by atoms with Crippen LogP contribution in [-0.2, 0) is 6.54 Å². The number of amides is 2. The van der Waals surface area contributed by atoms with E-state index in [0.29, 0.717) is 6.54 Å². The number of thioether (sulfide) groups is 1. The summed E-state index contributed by atoms with van der Waals surface area (Å²) in [7, 11) is 0. The van der Waals surface area contributed by atoms with Gasteiger partial charge in [0, 0.05) is 24.5 Å². The third-order valence-electron chi connectivity index (χ3n) is 2.29. The fourth-order valence-corrected chi connectivity index (χ4v) is 1.99. The Bertz CT molecular complexity index is 436. The minimum Gasteiger partial charge on any atom is -0.477 e. The maximum atomic E-state index is 11.5. The normalized spacial score (nSPS) is 11.7. The number of hydrogen-bond acceptors (Lipinski definition) is 4. The number of pyridine rings is 1. The second-order valence-corrected chi connectivity index (χ2v) is 4.95. The summed E-state index contributed by atoms with van der Waals surface area (Å²) in [6.07, 6.45) is 3.42. The number of carbonyl (C=O) groups is 2. The number of nitrogens with one attached hydrogen (secondary N) is 2. The summed E-state index contributed by atoms with van der Waals surface area (Å²) in [5, 5.41) is 14.2. The first kappa shape index (κ1) is 15.3. The topological polar surface area (TPSA) is 91.3 Å². The summed E-state index contributed by atoms with van der Waals surface area (Å²) >= 11 is 1.66. The minimum atomic E-state index is -1.07. The zero-order chi connectivity index (χ0) is 14.3. The van der Waals surface area contributed by atoms with Crippen LogP contribution in [-0.4, -0.2) is 40.1 Å². The van der Waals surface area contributed by atoms with E-state index < -0.39 is 5.97 Å². The Kier molecular flexibility index (Phi) is 6.14. The van der Waals surface area contributed by atoms with Crippen molar-refractivity contribution >= 4 is 23.8 Å². The summed E-state index contributed by atoms with van der Waals surface area (Å²) in [6.45, 7) is 2.24. The maximum Gasteiger partial charge on any atom is 0.354 e. The first-order valence-corrected chi connectivity index (χ1v) is 7.14. The molecule has 1 unspecified atom stereocenters. The van der Waals surface area contributed by atoms with Crippen molar-refractivity contribution in [2.75, 3.05) is 12.0 Å². The predicted octanol–water partition coefficient (Wildman–Crippen LogP) is 1.33. The van der Waals surface area contributed by atoms with Crippen LogP contribution in [0.3, 0.4) is 0 Å². The first-order chi connectivity index (χ1) is 9.02. The maximum absolute atomic E-state index is 11.5. The van der Waals surface area contributed by atoms with Crippen molar-refractivity contribution in [1.82, 2.24) is 15.6 Å². The van der Waals surface area contributed by atoms with Crippen LogP contribution in [0.2, 0.25) is 0 Å². The van der Waals surface area contributed by atoms with E-state index >= 15 is 0 Å². The lowest BCUT2D eigenvalue weighted by Crippen LogP contribution is -2.41. The summed E-state index contributed by atoms with van der Waals surface area (Å²) < 4.78 is 0. The van der Waals surface area contributed by atoms with Crippen molar-refractivity contribution in [3.63, 3.8) is 0 Å². The lowest BCUT2D eigenvalue weighted by atomic mass is 10.2. The van der Waals surface area contributed by atoms with E-state index in [-0.39, 0.29) is 17.8 Å². The van der Waals surface area contributed by atoms with Gasteiger partial charge in [-0.3, -0.25) is 0 Å². The van der Waals surface area contributed by atoms with Gasteiger partial charge in [0.1, 0.15) is 5.69 Å². The van der Waals surface area contributed by atoms with Crippen molar-refractivity contribution in [2.24, 2.45) is 0 Å². The molecule has 19 heavy (non-hydrogen) atoms. The highest BCUT2D eigenvalue weighted by atomic mass is 32.2. The van der Waals surface area contributed by atoms with Crippen LogP contribution >= 0.6 is 11.8 Å². The molecule has 1 aromatic heterocycles. The van der Waals surface area contributed by atoms with Crippen LogP contribution < -0.4 is 10.6 Å². The van der Waals surface area contributed by atoms with Crippen LogP contribution in [0.25, 0.3) is 0 Å². The molecule has 104 valence electrons. The van der Waals surface area contributed by atoms with E-state index in [9.17, 15) is 9.59 Å². The van der Waals surface area contributed by atoms with Crippen molar-refractivity contribution in [3.8, 4) is 0 Å². The van der Waals surface area contributed by atoms with Crippen LogP contribution in [0.15, 0.2) is 18.3 Å². The van der Waals surface area contributed by atoms with Crippen molar-refractivity contribution < 1.29 is 14.7 Å². The Morgan fingerprint density at radius 2 is 2.21 bits per heavy atom. The third kappa shape index (κ3) is 5.60. The molecule has 3 N–H and O–H groups in total. The monoisotopic (exact) mass is 283 g/mol. The van der Waals surface area contributed by atoms with Gasteiger partial charge in [-0.2, -0.15) is 11.8 Å². The molecule has 7 heteroatoms. The second kappa shape index (κ2) is 7.63. The molecule has 0 saturated heterocycles. The number of carboxylic acids is 1. The largest absolute Gasteiger partial charge is 0.477 e. The molecule has 6 nitrogen and oxygen atoms in total. The van der Waals surface area contributed by atoms with Crippen molar-refractivity contribution in [3.05, 3.63) is 29.6 Å². The number of carboxylic acid groups (broad SMARTS) is 1. The fraction of sp³-hybridized carbons (Fsp3) is 0.417. The van der Waals surface area contributed by atoms with E-state index in [4.69, 9.17) is 5.11 Å². The van der Waals surface area contributed by atoms with Crippen LogP contribution in [0.1, 0.15) is 23.0 Å². The molecular formula is C12H17N3O3S. The van der Waals surface area contributed by atoms with Gasteiger partial charge < -0.3 is 15.7 Å². The number of rotatable bonds is 6. The van der Waals surface area contributed by atoms with Gasteiger partial charge in [0.05, 0.1) is 0 Å². The Morgan fingerprint density at radius 3 is 2.74 bits per heavy atom. The van der Waals surface area contributed by atoms with E-state index in [0.717, 1.165) is 11.3 Å². The van der Waals surface area contributed by atoms with Crippen LogP contribution in [0.5, 0.6) is 0 Å². The summed E-state index contributed by atoms with van der Waals surface area (Å²) in [4.78, 5) is 25.9. The lowest BCUT2D eigenvalue weighted by Gasteiger charge is -2.13. The summed E-state index contributed by atoms with van der Waals surface area (Å²) in [5.74, 6) is -0.217. The van der Waals surface area contributed by atoms with E-state index in [1.54, 1.807) is 17.8 Å². The fourth-order valence-electron chi connectivity index (χ4n) is 1.40. The number of urea groups is 1. The highest BCUT2D eigenvalue weighted by molar-refractivity contribution is 7.98. The van der Waals surface area contributed by atoms with E-state index in [1.807, 2.05) is 13.2 Å². The Hall–Kier alpha value is -1.76. The van der Waals surface area contributed by atoms with E-state index in [1.165, 1.54) is 12.3 Å². The average molecular weight is 283 g/mol. The molecule has 0 saturated carbocycles. The lowest BCUT2D eigenvalue weighted by molar-refractivity contribution is 0.0690. The number of carbonyl (C=O) groups excluding carboxylic acids is 1. The van der Waals surface area contributed by atoms with Gasteiger partial charge in [0.15, 0.2) is 0 Å². The van der Waals surface area contributed by atoms with Crippen LogP contribution in [0.4, 0.5) is 4.79 Å². The van der Waals surface area contributed by atoms with Crippen LogP contribution in [0, 0.1) is 0 Å². The third-order valence-corrected chi connectivity index (χ3v) is 3.12. The van der Waals surface area contributed by atoms with Crippen molar-refractivity contribution in [1.29, 1.82) is 0 Å². The molecule has 0 aliphatic heterocycles. The molecule has 1 rings (SSSR count). The molecule has 0 bridgehead atoms. The Labute approximate surface area is 116 Å². The molecule has 0 spiro atoms. The van der Waals surface area contributed by atoms with Gasteiger partial charge in [-0.15, -0.1) is 0 Å². The molecule has 0 aromatic carbocycles. The van der Waals surface area contributed by atoms with Crippen molar-refractivity contribution in [2.45, 2.75) is 19.5 Å². The zero-order valence-electron chi connectivity index (χ0n) is 10.8. The molecule has 0 radical (unpaired) electrons. The number of aromatic nitrogens is 1. The summed E-state index contributed by atoms with van der Waals surface area (Å²) in [5.41, 5.74) is 0.736. The zero-order valence-corrected chi connectivity index (χ0v) is 11.7. The molecule has 1 atom stereocenters. The molecule has 0 fully saturated rings. The van der Waals surface area contributed by atoms with Gasteiger partial charge in [-0.1, -0.05) is 6.07 Å². The number of hydrogen-bond donors (Lipinski definition) is 3. The Morgan fingerprint density at radius 1 is 1.47 bits per heavy atom. The SMILES string of the molecule is CSCC(C)NC(=O)NCc1ccc(C(=O)O)nc1. The predicted molar refractivity (Wildman–Crippen MR) is 74.4 cm³/mol. The molecule has 2 amide bonds. The van der Waals surface area contributed by atoms with Gasteiger partial charge in [0.25, 0.3) is 0 Å². The van der Waals surface area contributed by atoms with Gasteiger partial charge >= 0.3 is 12.0 Å². The molecule has 1 heterocycles. The molecule has 0 aliphatic carbocycles. The molecular weight excluding hydrogens is 266 g/mol. The molecule has 0 aliphatic rings. The number of nitrogens with zero attached hydrogens (tertiary/aromatic N) is 1. The first-order valence-electron chi connectivity index (χ1n) is 5.74. The minimum absolute atomic E-state index is 0.0122. The average Bonchev–Trinajstić information content (AvgIpc) is 2.37. The Balaban J connectivity index is 2.39. The molecule has 1 aromatic rings. The standard InChI is InChI=1S/C12H17N3O3S/c1-8(7-19-2)15-12(18)14-6-9-3-4-10(11(16)17)13-5-9/h3-5,8H,6-7H2,1-2H3,(H,16,17)(H2,14,15,18). The number of aromatic carboxylic acids is 1. The van der Waals surface area contributed by atoms with E-state index in [2.05, 4.69) is 15.6 Å². The highest BCUT2D eigenvalue weighted by Crippen LogP contribution is 2.00. The second-order valence-electron chi connectivity index (χ2n) is 4.04. The summed E-state index contributed by atoms with van der Waals surface area (Å²) in [6, 6.07) is 2.89. The highest BCUT2D eigenvalue weighted by Gasteiger charge is 2.07.